The summed E-state index contributed by atoms with van der Waals surface area (Å²) in [5, 5.41) is 0. The molecule has 2 atom stereocenters. The number of carbonyl (C=O) groups is 1. The molecule has 0 saturated heterocycles. The summed E-state index contributed by atoms with van der Waals surface area (Å²) in [4.78, 5) is 22.6. The largest absolute Gasteiger partial charge is 0.472 e. The molecule has 0 aliphatic rings. The second-order valence-corrected chi connectivity index (χ2v) is 15.4. The third-order valence-electron chi connectivity index (χ3n) is 8.02. The zero-order chi connectivity index (χ0) is 34.9. The number of phosphoric ester groups is 1. The van der Waals surface area contributed by atoms with E-state index in [9.17, 15) is 14.3 Å². The van der Waals surface area contributed by atoms with Crippen LogP contribution in [-0.2, 0) is 27.9 Å². The van der Waals surface area contributed by atoms with Crippen LogP contribution < -0.4 is 0 Å². The Morgan fingerprint density at radius 3 is 1.74 bits per heavy atom. The van der Waals surface area contributed by atoms with Crippen LogP contribution in [0.25, 0.3) is 0 Å². The van der Waals surface area contributed by atoms with E-state index in [4.69, 9.17) is 18.5 Å². The highest BCUT2D eigenvalue weighted by molar-refractivity contribution is 7.47. The molecule has 0 saturated carbocycles. The SMILES string of the molecule is CCCCCC/C=C\C/C=C\CCCCCCCCCCOCC(COP(=O)(O)OCC[N+](C)(C)C)OC(=O)CCCCCCCC. The minimum atomic E-state index is -4.26. The Morgan fingerprint density at radius 2 is 1.17 bits per heavy atom. The van der Waals surface area contributed by atoms with Crippen LogP contribution in [0.5, 0.6) is 0 Å². The van der Waals surface area contributed by atoms with Gasteiger partial charge in [0.25, 0.3) is 0 Å². The molecule has 0 aliphatic carbocycles. The summed E-state index contributed by atoms with van der Waals surface area (Å²) < 4.78 is 34.7. The van der Waals surface area contributed by atoms with Crippen LogP contribution in [0, 0.1) is 0 Å². The summed E-state index contributed by atoms with van der Waals surface area (Å²) in [7, 11) is 1.66. The third-order valence-corrected chi connectivity index (χ3v) is 9.00. The second-order valence-electron chi connectivity index (χ2n) is 14.0. The van der Waals surface area contributed by atoms with Crippen molar-refractivity contribution in [3.63, 3.8) is 0 Å². The molecule has 0 spiro atoms. The van der Waals surface area contributed by atoms with Gasteiger partial charge in [0.15, 0.2) is 0 Å². The monoisotopic (exact) mass is 689 g/mol. The lowest BCUT2D eigenvalue weighted by Crippen LogP contribution is -2.37. The van der Waals surface area contributed by atoms with E-state index >= 15 is 0 Å². The molecule has 0 rings (SSSR count). The zero-order valence-corrected chi connectivity index (χ0v) is 32.2. The number of hydrogen-bond donors (Lipinski definition) is 1. The molecule has 0 radical (unpaired) electrons. The van der Waals surface area contributed by atoms with Gasteiger partial charge >= 0.3 is 13.8 Å². The fourth-order valence-electron chi connectivity index (χ4n) is 4.99. The van der Waals surface area contributed by atoms with E-state index in [-0.39, 0.29) is 25.8 Å². The van der Waals surface area contributed by atoms with Crippen LogP contribution >= 0.6 is 7.82 Å². The molecule has 278 valence electrons. The topological polar surface area (TPSA) is 91.3 Å². The first-order valence-corrected chi connectivity index (χ1v) is 20.6. The Balaban J connectivity index is 4.12. The Bertz CT molecular complexity index is 812. The minimum absolute atomic E-state index is 0.0883. The summed E-state index contributed by atoms with van der Waals surface area (Å²) in [5.74, 6) is -0.326. The van der Waals surface area contributed by atoms with E-state index in [1.54, 1.807) is 0 Å². The number of esters is 1. The van der Waals surface area contributed by atoms with Gasteiger partial charge in [-0.1, -0.05) is 128 Å². The highest BCUT2D eigenvalue weighted by Gasteiger charge is 2.26. The Kier molecular flexibility index (Phi) is 31.5. The van der Waals surface area contributed by atoms with Crippen molar-refractivity contribution in [1.82, 2.24) is 0 Å². The molecule has 0 aliphatic heterocycles. The molecule has 2 unspecified atom stereocenters. The van der Waals surface area contributed by atoms with Crippen LogP contribution in [0.4, 0.5) is 0 Å². The van der Waals surface area contributed by atoms with Gasteiger partial charge in [-0.05, 0) is 44.9 Å². The van der Waals surface area contributed by atoms with Crippen molar-refractivity contribution >= 4 is 13.8 Å². The molecular weight excluding hydrogens is 613 g/mol. The van der Waals surface area contributed by atoms with Gasteiger partial charge < -0.3 is 18.9 Å². The van der Waals surface area contributed by atoms with Gasteiger partial charge in [0.2, 0.25) is 0 Å². The van der Waals surface area contributed by atoms with Crippen molar-refractivity contribution in [3.05, 3.63) is 24.3 Å². The standard InChI is InChI=1S/C38H74NO7P/c1-6-8-10-12-14-15-16-17-18-19-20-21-22-23-24-25-26-28-30-33-43-35-37(46-38(40)31-29-27-13-11-9-7-2)36-45-47(41,42)44-34-32-39(3,4)5/h15-16,18-19,37H,6-14,17,20-36H2,1-5H3/p+1/b16-15-,19-18-. The second kappa shape index (κ2) is 32.2. The number of allylic oxidation sites excluding steroid dienone is 4. The van der Waals surface area contributed by atoms with Gasteiger partial charge in [0.05, 0.1) is 34.4 Å². The number of rotatable bonds is 35. The first-order chi connectivity index (χ1) is 22.6. The normalized spacial score (nSPS) is 14.3. The zero-order valence-electron chi connectivity index (χ0n) is 31.3. The number of unbranched alkanes of at least 4 members (excludes halogenated alkanes) is 17. The minimum Gasteiger partial charge on any atom is -0.457 e. The summed E-state index contributed by atoms with van der Waals surface area (Å²) in [6, 6.07) is 0. The highest BCUT2D eigenvalue weighted by atomic mass is 31.2. The van der Waals surface area contributed by atoms with Gasteiger partial charge in [-0.3, -0.25) is 13.8 Å². The predicted molar refractivity (Wildman–Crippen MR) is 197 cm³/mol. The molecule has 0 fully saturated rings. The summed E-state index contributed by atoms with van der Waals surface area (Å²) >= 11 is 0. The lowest BCUT2D eigenvalue weighted by atomic mass is 10.1. The van der Waals surface area contributed by atoms with Gasteiger partial charge in [-0.25, -0.2) is 4.57 Å². The maximum absolute atomic E-state index is 12.5. The van der Waals surface area contributed by atoms with Crippen LogP contribution in [0.2, 0.25) is 0 Å². The number of ether oxygens (including phenoxy) is 2. The van der Waals surface area contributed by atoms with Gasteiger partial charge in [0, 0.05) is 13.0 Å². The Morgan fingerprint density at radius 1 is 0.660 bits per heavy atom. The molecular formula is C38H75NO7P+. The first-order valence-electron chi connectivity index (χ1n) is 19.1. The maximum atomic E-state index is 12.5. The Labute approximate surface area is 290 Å². The van der Waals surface area contributed by atoms with Crippen molar-refractivity contribution in [2.75, 3.05) is 54.1 Å². The van der Waals surface area contributed by atoms with Crippen LogP contribution in [0.3, 0.4) is 0 Å². The fraction of sp³-hybridized carbons (Fsp3) is 0.868. The van der Waals surface area contributed by atoms with Crippen LogP contribution in [-0.4, -0.2) is 75.6 Å². The van der Waals surface area contributed by atoms with Crippen molar-refractivity contribution < 1.29 is 37.3 Å². The quantitative estimate of drug-likeness (QED) is 0.0233. The van der Waals surface area contributed by atoms with E-state index in [2.05, 4.69) is 38.2 Å². The van der Waals surface area contributed by atoms with E-state index in [1.165, 1.54) is 96.3 Å². The molecule has 0 bridgehead atoms. The maximum Gasteiger partial charge on any atom is 0.472 e. The molecule has 47 heavy (non-hydrogen) atoms. The number of phosphoric acid groups is 1. The van der Waals surface area contributed by atoms with Crippen LogP contribution in [0.1, 0.15) is 155 Å². The van der Waals surface area contributed by atoms with Gasteiger partial charge in [-0.2, -0.15) is 0 Å². The van der Waals surface area contributed by atoms with Crippen molar-refractivity contribution in [2.24, 2.45) is 0 Å². The van der Waals surface area contributed by atoms with Crippen molar-refractivity contribution in [3.8, 4) is 0 Å². The van der Waals surface area contributed by atoms with E-state index in [1.807, 2.05) is 21.1 Å². The number of likely N-dealkylation sites (N-methyl/N-ethyl adjacent to an activating group) is 1. The lowest BCUT2D eigenvalue weighted by molar-refractivity contribution is -0.870. The molecule has 0 heterocycles. The molecule has 0 aromatic rings. The van der Waals surface area contributed by atoms with E-state index < -0.39 is 13.9 Å². The number of nitrogens with zero attached hydrogens (tertiary/aromatic N) is 1. The van der Waals surface area contributed by atoms with E-state index in [0.29, 0.717) is 24.1 Å². The first kappa shape index (κ1) is 46.0. The Hall–Kier alpha value is -1.02. The van der Waals surface area contributed by atoms with Crippen molar-refractivity contribution in [2.45, 2.75) is 161 Å². The lowest BCUT2D eigenvalue weighted by Gasteiger charge is -2.24. The summed E-state index contributed by atoms with van der Waals surface area (Å²) in [5.41, 5.74) is 0. The fourth-order valence-corrected chi connectivity index (χ4v) is 5.73. The average Bonchev–Trinajstić information content (AvgIpc) is 3.01. The van der Waals surface area contributed by atoms with Gasteiger partial charge in [-0.15, -0.1) is 0 Å². The molecule has 0 aromatic carbocycles. The third kappa shape index (κ3) is 36.1. The molecule has 9 heteroatoms. The number of hydrogen-bond acceptors (Lipinski definition) is 6. The van der Waals surface area contributed by atoms with Gasteiger partial charge in [0.1, 0.15) is 19.3 Å². The van der Waals surface area contributed by atoms with Crippen molar-refractivity contribution in [1.29, 1.82) is 0 Å². The summed E-state index contributed by atoms with van der Waals surface area (Å²) in [6.07, 6.45) is 33.7. The average molecular weight is 689 g/mol. The van der Waals surface area contributed by atoms with E-state index in [0.717, 1.165) is 38.5 Å². The number of quaternary nitrogens is 1. The smallest absolute Gasteiger partial charge is 0.457 e. The molecule has 0 aromatic heterocycles. The highest BCUT2D eigenvalue weighted by Crippen LogP contribution is 2.43. The number of carbonyl (C=O) groups excluding carboxylic acids is 1. The predicted octanol–water partition coefficient (Wildman–Crippen LogP) is 10.5. The molecule has 0 amide bonds. The molecule has 8 nitrogen and oxygen atoms in total. The summed E-state index contributed by atoms with van der Waals surface area (Å²) in [6.45, 7) is 5.53. The molecule has 1 N–H and O–H groups in total. The van der Waals surface area contributed by atoms with Crippen LogP contribution in [0.15, 0.2) is 24.3 Å².